The number of rotatable bonds is 4. The van der Waals surface area contributed by atoms with E-state index in [1.165, 1.54) is 10.7 Å². The van der Waals surface area contributed by atoms with Crippen LogP contribution in [0.25, 0.3) is 5.69 Å². The van der Waals surface area contributed by atoms with Crippen molar-refractivity contribution in [3.63, 3.8) is 0 Å². The van der Waals surface area contributed by atoms with E-state index in [2.05, 4.69) is 10.4 Å². The molecule has 0 aliphatic rings. The lowest BCUT2D eigenvalue weighted by atomic mass is 10.2. The molecule has 2 amide bonds. The standard InChI is InChI=1S/C13H14N4O2/c1-2-12(18)15-9-5-3-4-6-11(9)17-8-7-10(16-17)13(14)19/h3-8H,2H2,1H3,(H2,14,19)(H,15,18). The van der Waals surface area contributed by atoms with Gasteiger partial charge >= 0.3 is 0 Å². The molecule has 6 nitrogen and oxygen atoms in total. The molecule has 0 spiro atoms. The van der Waals surface area contributed by atoms with Crippen molar-refractivity contribution < 1.29 is 9.59 Å². The van der Waals surface area contributed by atoms with Crippen molar-refractivity contribution in [3.05, 3.63) is 42.2 Å². The lowest BCUT2D eigenvalue weighted by molar-refractivity contribution is -0.115. The maximum atomic E-state index is 11.5. The normalized spacial score (nSPS) is 10.2. The van der Waals surface area contributed by atoms with Crippen LogP contribution in [0.5, 0.6) is 0 Å². The van der Waals surface area contributed by atoms with Gasteiger partial charge in [0.25, 0.3) is 5.91 Å². The first-order chi connectivity index (χ1) is 9.11. The van der Waals surface area contributed by atoms with Crippen LogP contribution in [-0.2, 0) is 4.79 Å². The number of primary amides is 1. The van der Waals surface area contributed by atoms with E-state index in [1.807, 2.05) is 12.1 Å². The molecule has 0 atom stereocenters. The van der Waals surface area contributed by atoms with Gasteiger partial charge in [0.15, 0.2) is 0 Å². The summed E-state index contributed by atoms with van der Waals surface area (Å²) >= 11 is 0. The molecule has 19 heavy (non-hydrogen) atoms. The summed E-state index contributed by atoms with van der Waals surface area (Å²) in [6, 6.07) is 8.73. The number of hydrogen-bond donors (Lipinski definition) is 2. The van der Waals surface area contributed by atoms with Crippen LogP contribution in [-0.4, -0.2) is 21.6 Å². The molecule has 0 saturated heterocycles. The third-order valence-electron chi connectivity index (χ3n) is 2.59. The fraction of sp³-hybridized carbons (Fsp3) is 0.154. The summed E-state index contributed by atoms with van der Waals surface area (Å²) in [6.07, 6.45) is 2.01. The lowest BCUT2D eigenvalue weighted by Crippen LogP contribution is -2.14. The Kier molecular flexibility index (Phi) is 3.61. The summed E-state index contributed by atoms with van der Waals surface area (Å²) in [6.45, 7) is 1.77. The van der Waals surface area contributed by atoms with E-state index in [9.17, 15) is 9.59 Å². The van der Waals surface area contributed by atoms with Crippen LogP contribution in [0, 0.1) is 0 Å². The van der Waals surface area contributed by atoms with E-state index in [0.717, 1.165) is 0 Å². The topological polar surface area (TPSA) is 90.0 Å². The van der Waals surface area contributed by atoms with E-state index in [-0.39, 0.29) is 11.6 Å². The maximum Gasteiger partial charge on any atom is 0.269 e. The lowest BCUT2D eigenvalue weighted by Gasteiger charge is -2.10. The Bertz CT molecular complexity index is 619. The van der Waals surface area contributed by atoms with Crippen LogP contribution in [0.15, 0.2) is 36.5 Å². The number of nitrogens with zero attached hydrogens (tertiary/aromatic N) is 2. The van der Waals surface area contributed by atoms with Gasteiger partial charge in [-0.2, -0.15) is 5.10 Å². The number of carbonyl (C=O) groups is 2. The van der Waals surface area contributed by atoms with Gasteiger partial charge in [-0.15, -0.1) is 0 Å². The van der Waals surface area contributed by atoms with E-state index in [0.29, 0.717) is 17.8 Å². The Labute approximate surface area is 110 Å². The molecule has 0 radical (unpaired) electrons. The molecule has 0 bridgehead atoms. The van der Waals surface area contributed by atoms with Gasteiger partial charge in [0, 0.05) is 12.6 Å². The Morgan fingerprint density at radius 1 is 1.32 bits per heavy atom. The minimum atomic E-state index is -0.589. The van der Waals surface area contributed by atoms with Crippen LogP contribution >= 0.6 is 0 Å². The second-order valence-corrected chi connectivity index (χ2v) is 3.93. The van der Waals surface area contributed by atoms with Crippen molar-refractivity contribution in [1.82, 2.24) is 9.78 Å². The van der Waals surface area contributed by atoms with Gasteiger partial charge in [0.1, 0.15) is 5.69 Å². The molecule has 0 fully saturated rings. The van der Waals surface area contributed by atoms with Crippen LogP contribution in [0.3, 0.4) is 0 Å². The fourth-order valence-corrected chi connectivity index (χ4v) is 1.61. The number of hydrogen-bond acceptors (Lipinski definition) is 3. The number of amides is 2. The number of benzene rings is 1. The molecule has 0 saturated carbocycles. The smallest absolute Gasteiger partial charge is 0.269 e. The maximum absolute atomic E-state index is 11.5. The zero-order valence-corrected chi connectivity index (χ0v) is 10.5. The molecule has 1 heterocycles. The van der Waals surface area contributed by atoms with Gasteiger partial charge in [0.2, 0.25) is 5.91 Å². The molecule has 0 aliphatic carbocycles. The molecule has 1 aromatic carbocycles. The molecule has 3 N–H and O–H groups in total. The van der Waals surface area contributed by atoms with Gasteiger partial charge in [-0.1, -0.05) is 19.1 Å². The second-order valence-electron chi connectivity index (χ2n) is 3.93. The molecular weight excluding hydrogens is 244 g/mol. The number of nitrogens with one attached hydrogen (secondary N) is 1. The van der Waals surface area contributed by atoms with E-state index in [4.69, 9.17) is 5.73 Å². The number of para-hydroxylation sites is 2. The minimum Gasteiger partial charge on any atom is -0.364 e. The van der Waals surface area contributed by atoms with Gasteiger partial charge in [-0.05, 0) is 18.2 Å². The number of anilines is 1. The highest BCUT2D eigenvalue weighted by molar-refractivity contribution is 5.93. The van der Waals surface area contributed by atoms with Crippen LogP contribution in [0.4, 0.5) is 5.69 Å². The average molecular weight is 258 g/mol. The van der Waals surface area contributed by atoms with E-state index >= 15 is 0 Å². The van der Waals surface area contributed by atoms with Crippen molar-refractivity contribution in [2.75, 3.05) is 5.32 Å². The summed E-state index contributed by atoms with van der Waals surface area (Å²) in [7, 11) is 0. The van der Waals surface area contributed by atoms with E-state index in [1.54, 1.807) is 25.3 Å². The SMILES string of the molecule is CCC(=O)Nc1ccccc1-n1ccc(C(N)=O)n1. The van der Waals surface area contributed by atoms with Crippen molar-refractivity contribution in [2.24, 2.45) is 5.73 Å². The Morgan fingerprint density at radius 2 is 2.05 bits per heavy atom. The predicted octanol–water partition coefficient (Wildman–Crippen LogP) is 1.32. The summed E-state index contributed by atoms with van der Waals surface area (Å²) in [5.74, 6) is -0.677. The van der Waals surface area contributed by atoms with Crippen LogP contribution in [0.1, 0.15) is 23.8 Å². The monoisotopic (exact) mass is 258 g/mol. The first-order valence-electron chi connectivity index (χ1n) is 5.86. The van der Waals surface area contributed by atoms with Crippen molar-refractivity contribution in [1.29, 1.82) is 0 Å². The van der Waals surface area contributed by atoms with Crippen LogP contribution in [0.2, 0.25) is 0 Å². The van der Waals surface area contributed by atoms with Crippen molar-refractivity contribution in [3.8, 4) is 5.69 Å². The van der Waals surface area contributed by atoms with Gasteiger partial charge in [-0.25, -0.2) is 4.68 Å². The largest absolute Gasteiger partial charge is 0.364 e. The molecule has 1 aromatic heterocycles. The van der Waals surface area contributed by atoms with Gasteiger partial charge < -0.3 is 11.1 Å². The minimum absolute atomic E-state index is 0.0882. The highest BCUT2D eigenvalue weighted by Crippen LogP contribution is 2.19. The molecule has 0 unspecified atom stereocenters. The predicted molar refractivity (Wildman–Crippen MR) is 71.0 cm³/mol. The molecule has 6 heteroatoms. The number of aromatic nitrogens is 2. The zero-order valence-electron chi connectivity index (χ0n) is 10.5. The first-order valence-corrected chi connectivity index (χ1v) is 5.86. The van der Waals surface area contributed by atoms with Crippen LogP contribution < -0.4 is 11.1 Å². The zero-order chi connectivity index (χ0) is 13.8. The third-order valence-corrected chi connectivity index (χ3v) is 2.59. The third kappa shape index (κ3) is 2.79. The summed E-state index contributed by atoms with van der Waals surface area (Å²) in [4.78, 5) is 22.5. The van der Waals surface area contributed by atoms with Crippen molar-refractivity contribution in [2.45, 2.75) is 13.3 Å². The Balaban J connectivity index is 2.38. The molecule has 0 aliphatic heterocycles. The molecule has 98 valence electrons. The quantitative estimate of drug-likeness (QED) is 0.866. The Hall–Kier alpha value is -2.63. The fourth-order valence-electron chi connectivity index (χ4n) is 1.61. The summed E-state index contributed by atoms with van der Waals surface area (Å²) in [5.41, 5.74) is 6.65. The van der Waals surface area contributed by atoms with Gasteiger partial charge in [0.05, 0.1) is 11.4 Å². The second kappa shape index (κ2) is 5.34. The highest BCUT2D eigenvalue weighted by Gasteiger charge is 2.10. The molecule has 2 aromatic rings. The summed E-state index contributed by atoms with van der Waals surface area (Å²) < 4.78 is 1.51. The highest BCUT2D eigenvalue weighted by atomic mass is 16.2. The Morgan fingerprint density at radius 3 is 2.68 bits per heavy atom. The number of nitrogens with two attached hydrogens (primary N) is 1. The first kappa shape index (κ1) is 12.8. The molecular formula is C13H14N4O2. The van der Waals surface area contributed by atoms with E-state index < -0.39 is 5.91 Å². The summed E-state index contributed by atoms with van der Waals surface area (Å²) in [5, 5.41) is 6.85. The van der Waals surface area contributed by atoms with Gasteiger partial charge in [-0.3, -0.25) is 9.59 Å². The average Bonchev–Trinajstić information content (AvgIpc) is 2.89. The number of carbonyl (C=O) groups excluding carboxylic acids is 2. The molecule has 2 rings (SSSR count). The van der Waals surface area contributed by atoms with Crippen molar-refractivity contribution >= 4 is 17.5 Å².